The van der Waals surface area contributed by atoms with Crippen LogP contribution in [-0.2, 0) is 20.0 Å². The summed E-state index contributed by atoms with van der Waals surface area (Å²) < 4.78 is 7.27. The van der Waals surface area contributed by atoms with Crippen molar-refractivity contribution in [3.05, 3.63) is 98.6 Å². The number of amides is 1. The molecule has 0 saturated carbocycles. The number of anilines is 1. The van der Waals surface area contributed by atoms with Gasteiger partial charge in [-0.15, -0.1) is 0 Å². The fourth-order valence-electron chi connectivity index (χ4n) is 5.36. The SMILES string of the molecule is COc1cc(/C=C/c2cccc(-c3cccc(NC(=O)c4nc5c(n4C)CCN(C)C5)c3Cl)c2C)c(C)cc1C=O. The molecule has 0 aliphatic carbocycles. The number of rotatable bonds is 7. The predicted molar refractivity (Wildman–Crippen MR) is 165 cm³/mol. The van der Waals surface area contributed by atoms with Crippen LogP contribution >= 0.6 is 11.6 Å². The highest BCUT2D eigenvalue weighted by Crippen LogP contribution is 2.37. The molecule has 0 unspecified atom stereocenters. The summed E-state index contributed by atoms with van der Waals surface area (Å²) in [7, 11) is 5.50. The van der Waals surface area contributed by atoms with E-state index in [1.54, 1.807) is 13.2 Å². The van der Waals surface area contributed by atoms with Crippen molar-refractivity contribution in [2.75, 3.05) is 26.0 Å². The predicted octanol–water partition coefficient (Wildman–Crippen LogP) is 6.59. The number of nitrogens with one attached hydrogen (secondary N) is 1. The molecule has 1 N–H and O–H groups in total. The van der Waals surface area contributed by atoms with Crippen LogP contribution in [0, 0.1) is 13.8 Å². The minimum atomic E-state index is -0.289. The maximum absolute atomic E-state index is 13.3. The number of benzene rings is 3. The number of hydrogen-bond donors (Lipinski definition) is 1. The summed E-state index contributed by atoms with van der Waals surface area (Å²) in [6, 6.07) is 15.4. The number of aldehydes is 1. The van der Waals surface area contributed by atoms with Gasteiger partial charge in [0.2, 0.25) is 0 Å². The molecule has 0 bridgehead atoms. The van der Waals surface area contributed by atoms with E-state index in [1.807, 2.05) is 73.2 Å². The van der Waals surface area contributed by atoms with Crippen LogP contribution in [0.1, 0.15) is 54.6 Å². The third-order valence-corrected chi connectivity index (χ3v) is 8.16. The lowest BCUT2D eigenvalue weighted by molar-refractivity contribution is 0.101. The fourth-order valence-corrected chi connectivity index (χ4v) is 5.63. The Morgan fingerprint density at radius 1 is 1.02 bits per heavy atom. The van der Waals surface area contributed by atoms with Crippen molar-refractivity contribution in [3.63, 3.8) is 0 Å². The normalized spacial score (nSPS) is 13.3. The molecule has 0 atom stereocenters. The van der Waals surface area contributed by atoms with Gasteiger partial charge in [-0.25, -0.2) is 4.98 Å². The number of likely N-dealkylation sites (N-methyl/N-ethyl adjacent to an activating group) is 1. The second-order valence-corrected chi connectivity index (χ2v) is 10.8. The van der Waals surface area contributed by atoms with Crippen LogP contribution in [0.3, 0.4) is 0 Å². The molecule has 4 aromatic rings. The maximum Gasteiger partial charge on any atom is 0.291 e. The van der Waals surface area contributed by atoms with Crippen molar-refractivity contribution < 1.29 is 14.3 Å². The van der Waals surface area contributed by atoms with Crippen molar-refractivity contribution in [2.24, 2.45) is 7.05 Å². The van der Waals surface area contributed by atoms with E-state index in [0.29, 0.717) is 27.8 Å². The summed E-state index contributed by atoms with van der Waals surface area (Å²) in [4.78, 5) is 31.5. The minimum Gasteiger partial charge on any atom is -0.496 e. The fraction of sp³-hybridized carbons (Fsp3) is 0.242. The Labute approximate surface area is 245 Å². The van der Waals surface area contributed by atoms with E-state index in [2.05, 4.69) is 29.2 Å². The summed E-state index contributed by atoms with van der Waals surface area (Å²) in [6.07, 6.45) is 5.72. The lowest BCUT2D eigenvalue weighted by Gasteiger charge is -2.21. The number of carbonyl (C=O) groups is 2. The van der Waals surface area contributed by atoms with E-state index in [0.717, 1.165) is 70.6 Å². The molecule has 5 rings (SSSR count). The van der Waals surface area contributed by atoms with Gasteiger partial charge in [-0.2, -0.15) is 0 Å². The molecule has 7 nitrogen and oxygen atoms in total. The number of aryl methyl sites for hydroxylation is 1. The van der Waals surface area contributed by atoms with Crippen LogP contribution in [0.2, 0.25) is 5.02 Å². The molecule has 0 fully saturated rings. The van der Waals surface area contributed by atoms with Gasteiger partial charge in [0, 0.05) is 37.8 Å². The Hall–Kier alpha value is -4.20. The first-order valence-electron chi connectivity index (χ1n) is 13.5. The zero-order valence-corrected chi connectivity index (χ0v) is 24.7. The smallest absolute Gasteiger partial charge is 0.291 e. The number of methoxy groups -OCH3 is 1. The molecule has 1 aromatic heterocycles. The number of carbonyl (C=O) groups excluding carboxylic acids is 2. The second-order valence-electron chi connectivity index (χ2n) is 10.4. The average Bonchev–Trinajstić information content (AvgIpc) is 3.29. The van der Waals surface area contributed by atoms with Gasteiger partial charge in [-0.1, -0.05) is 54.1 Å². The molecule has 41 heavy (non-hydrogen) atoms. The van der Waals surface area contributed by atoms with E-state index in [1.165, 1.54) is 0 Å². The Morgan fingerprint density at radius 3 is 2.51 bits per heavy atom. The van der Waals surface area contributed by atoms with E-state index >= 15 is 0 Å². The standard InChI is InChI=1S/C33H33ClN4O3/c1-20-16-24(19-39)30(41-5)17-23(20)13-12-22-8-6-9-25(21(22)2)26-10-7-11-27(31(26)34)36-33(40)32-35-28-18-37(3)15-14-29(28)38(32)4/h6-13,16-17,19H,14-15,18H2,1-5H3,(H,36,40)/b13-12+. The van der Waals surface area contributed by atoms with Crippen LogP contribution < -0.4 is 10.1 Å². The van der Waals surface area contributed by atoms with Crippen molar-refractivity contribution in [2.45, 2.75) is 26.8 Å². The summed E-state index contributed by atoms with van der Waals surface area (Å²) in [5, 5.41) is 3.45. The zero-order chi connectivity index (χ0) is 29.3. The van der Waals surface area contributed by atoms with E-state index in [-0.39, 0.29) is 5.91 Å². The average molecular weight is 569 g/mol. The molecule has 0 spiro atoms. The summed E-state index contributed by atoms with van der Waals surface area (Å²) in [5.41, 5.74) is 8.90. The molecular weight excluding hydrogens is 536 g/mol. The van der Waals surface area contributed by atoms with Crippen molar-refractivity contribution in [3.8, 4) is 16.9 Å². The molecule has 1 aliphatic rings. The molecule has 0 saturated heterocycles. The monoisotopic (exact) mass is 568 g/mol. The highest BCUT2D eigenvalue weighted by Gasteiger charge is 2.24. The minimum absolute atomic E-state index is 0.289. The Balaban J connectivity index is 1.43. The number of imidazole rings is 1. The number of hydrogen-bond acceptors (Lipinski definition) is 5. The Bertz CT molecular complexity index is 1690. The number of halogens is 1. The lowest BCUT2D eigenvalue weighted by atomic mass is 9.95. The Kier molecular flexibility index (Phi) is 8.10. The largest absolute Gasteiger partial charge is 0.496 e. The van der Waals surface area contributed by atoms with Gasteiger partial charge < -0.3 is 19.5 Å². The molecule has 210 valence electrons. The topological polar surface area (TPSA) is 76.5 Å². The third-order valence-electron chi connectivity index (χ3n) is 7.75. The van der Waals surface area contributed by atoms with Gasteiger partial charge in [-0.3, -0.25) is 9.59 Å². The number of ether oxygens (including phenoxy) is 1. The van der Waals surface area contributed by atoms with E-state index in [4.69, 9.17) is 16.3 Å². The molecular formula is C33H33ClN4O3. The summed E-state index contributed by atoms with van der Waals surface area (Å²) in [5.74, 6) is 0.631. The molecule has 3 aromatic carbocycles. The first-order valence-corrected chi connectivity index (χ1v) is 13.8. The van der Waals surface area contributed by atoms with Gasteiger partial charge in [0.25, 0.3) is 5.91 Å². The quantitative estimate of drug-likeness (QED) is 0.201. The van der Waals surface area contributed by atoms with Crippen molar-refractivity contribution >= 4 is 41.6 Å². The first-order chi connectivity index (χ1) is 19.7. The van der Waals surface area contributed by atoms with Crippen LogP contribution in [0.15, 0.2) is 48.5 Å². The molecule has 1 aliphatic heterocycles. The van der Waals surface area contributed by atoms with Crippen LogP contribution in [0.25, 0.3) is 23.3 Å². The molecule has 0 radical (unpaired) electrons. The van der Waals surface area contributed by atoms with Crippen molar-refractivity contribution in [1.29, 1.82) is 0 Å². The van der Waals surface area contributed by atoms with Crippen LogP contribution in [-0.4, -0.2) is 47.3 Å². The molecule has 1 amide bonds. The van der Waals surface area contributed by atoms with E-state index < -0.39 is 0 Å². The number of nitrogens with zero attached hydrogens (tertiary/aromatic N) is 3. The van der Waals surface area contributed by atoms with Gasteiger partial charge >= 0.3 is 0 Å². The molecule has 2 heterocycles. The van der Waals surface area contributed by atoms with Gasteiger partial charge in [0.05, 0.1) is 29.1 Å². The van der Waals surface area contributed by atoms with Crippen LogP contribution in [0.4, 0.5) is 5.69 Å². The van der Waals surface area contributed by atoms with Gasteiger partial charge in [0.15, 0.2) is 12.1 Å². The lowest BCUT2D eigenvalue weighted by Crippen LogP contribution is -2.27. The highest BCUT2D eigenvalue weighted by molar-refractivity contribution is 6.36. The molecule has 8 heteroatoms. The highest BCUT2D eigenvalue weighted by atomic mass is 35.5. The van der Waals surface area contributed by atoms with E-state index in [9.17, 15) is 9.59 Å². The summed E-state index contributed by atoms with van der Waals surface area (Å²) in [6.45, 7) is 5.69. The number of aromatic nitrogens is 2. The maximum atomic E-state index is 13.3. The van der Waals surface area contributed by atoms with Crippen molar-refractivity contribution in [1.82, 2.24) is 14.5 Å². The number of fused-ring (bicyclic) bond motifs is 1. The Morgan fingerprint density at radius 2 is 1.76 bits per heavy atom. The zero-order valence-electron chi connectivity index (χ0n) is 23.9. The first kappa shape index (κ1) is 28.3. The van der Waals surface area contributed by atoms with Gasteiger partial charge in [0.1, 0.15) is 5.75 Å². The van der Waals surface area contributed by atoms with Crippen LogP contribution in [0.5, 0.6) is 5.75 Å². The second kappa shape index (κ2) is 11.7. The summed E-state index contributed by atoms with van der Waals surface area (Å²) >= 11 is 6.91. The van der Waals surface area contributed by atoms with Gasteiger partial charge in [-0.05, 0) is 66.9 Å². The third kappa shape index (κ3) is 5.56.